The van der Waals surface area contributed by atoms with Gasteiger partial charge in [-0.1, -0.05) is 52.3 Å². The second-order valence-electron chi connectivity index (χ2n) is 8.84. The average Bonchev–Trinajstić information content (AvgIpc) is 2.82. The molecule has 1 heterocycles. The van der Waals surface area contributed by atoms with Gasteiger partial charge in [-0.25, -0.2) is 0 Å². The standard InChI is InChI=1S/C28H37BrN2O2/c1-21(32)6-4-7-22(2)33-28(24-10-12-26(29)13-11-24)16-19-31-17-14-23(15-18-31)25-8-5-9-27(20-25)30-3/h4-13,20-21,23,28,30,32H,14-19H2,1-3H3/b6-4-,22-7+. The summed E-state index contributed by atoms with van der Waals surface area (Å²) < 4.78 is 7.42. The third kappa shape index (κ3) is 8.33. The van der Waals surface area contributed by atoms with Crippen LogP contribution in [-0.2, 0) is 4.74 Å². The van der Waals surface area contributed by atoms with E-state index in [1.165, 1.54) is 29.7 Å². The summed E-state index contributed by atoms with van der Waals surface area (Å²) in [6.45, 7) is 6.97. The zero-order chi connectivity index (χ0) is 23.6. The Labute approximate surface area is 207 Å². The van der Waals surface area contributed by atoms with Gasteiger partial charge in [-0.15, -0.1) is 0 Å². The molecule has 2 aromatic carbocycles. The second-order valence-corrected chi connectivity index (χ2v) is 9.76. The predicted molar refractivity (Wildman–Crippen MR) is 142 cm³/mol. The van der Waals surface area contributed by atoms with Gasteiger partial charge in [0.2, 0.25) is 0 Å². The summed E-state index contributed by atoms with van der Waals surface area (Å²) in [6, 6.07) is 17.2. The van der Waals surface area contributed by atoms with Crippen LogP contribution in [0.3, 0.4) is 0 Å². The van der Waals surface area contributed by atoms with E-state index in [1.54, 1.807) is 13.0 Å². The van der Waals surface area contributed by atoms with Gasteiger partial charge in [-0.2, -0.15) is 0 Å². The Hall–Kier alpha value is -2.08. The number of nitrogens with one attached hydrogen (secondary N) is 1. The highest BCUT2D eigenvalue weighted by atomic mass is 79.9. The molecule has 1 aliphatic heterocycles. The van der Waals surface area contributed by atoms with Crippen molar-refractivity contribution in [3.63, 3.8) is 0 Å². The van der Waals surface area contributed by atoms with Gasteiger partial charge in [0.05, 0.1) is 11.9 Å². The number of allylic oxidation sites excluding steroid dienone is 3. The topological polar surface area (TPSA) is 44.7 Å². The van der Waals surface area contributed by atoms with Crippen LogP contribution >= 0.6 is 15.9 Å². The fraction of sp³-hybridized carbons (Fsp3) is 0.429. The van der Waals surface area contributed by atoms with E-state index in [9.17, 15) is 5.11 Å². The van der Waals surface area contributed by atoms with Gasteiger partial charge >= 0.3 is 0 Å². The molecule has 1 saturated heterocycles. The predicted octanol–water partition coefficient (Wildman–Crippen LogP) is 6.66. The van der Waals surface area contributed by atoms with Crippen molar-refractivity contribution in [2.45, 2.75) is 51.2 Å². The van der Waals surface area contributed by atoms with Crippen LogP contribution < -0.4 is 5.32 Å². The molecule has 0 aliphatic carbocycles. The maximum atomic E-state index is 9.43. The van der Waals surface area contributed by atoms with Crippen molar-refractivity contribution in [3.8, 4) is 0 Å². The second kappa shape index (κ2) is 13.0. The van der Waals surface area contributed by atoms with E-state index in [0.29, 0.717) is 5.92 Å². The molecule has 3 rings (SSSR count). The Balaban J connectivity index is 1.58. The number of likely N-dealkylation sites (tertiary alicyclic amines) is 1. The van der Waals surface area contributed by atoms with Crippen LogP contribution in [0.15, 0.2) is 77.0 Å². The molecule has 2 N–H and O–H groups in total. The number of anilines is 1. The molecule has 1 aliphatic rings. The van der Waals surface area contributed by atoms with E-state index in [-0.39, 0.29) is 6.10 Å². The van der Waals surface area contributed by atoms with E-state index < -0.39 is 6.10 Å². The summed E-state index contributed by atoms with van der Waals surface area (Å²) in [7, 11) is 1.98. The maximum absolute atomic E-state index is 9.43. The molecule has 178 valence electrons. The molecule has 0 bridgehead atoms. The summed E-state index contributed by atoms with van der Waals surface area (Å²) in [4.78, 5) is 2.57. The quantitative estimate of drug-likeness (QED) is 0.276. The highest BCUT2D eigenvalue weighted by Crippen LogP contribution is 2.31. The van der Waals surface area contributed by atoms with E-state index in [1.807, 2.05) is 26.1 Å². The molecule has 4 nitrogen and oxygen atoms in total. The Bertz CT molecular complexity index is 916. The molecule has 33 heavy (non-hydrogen) atoms. The van der Waals surface area contributed by atoms with Crippen LogP contribution in [0.25, 0.3) is 0 Å². The van der Waals surface area contributed by atoms with Crippen molar-refractivity contribution in [1.82, 2.24) is 4.90 Å². The van der Waals surface area contributed by atoms with Gasteiger partial charge in [0.25, 0.3) is 0 Å². The first-order valence-corrected chi connectivity index (χ1v) is 12.7. The average molecular weight is 514 g/mol. The van der Waals surface area contributed by atoms with Crippen molar-refractivity contribution in [3.05, 3.63) is 88.1 Å². The van der Waals surface area contributed by atoms with Crippen molar-refractivity contribution in [2.75, 3.05) is 32.0 Å². The van der Waals surface area contributed by atoms with E-state index in [4.69, 9.17) is 4.74 Å². The Morgan fingerprint density at radius 2 is 1.94 bits per heavy atom. The monoisotopic (exact) mass is 512 g/mol. The minimum Gasteiger partial charge on any atom is -0.490 e. The Morgan fingerprint density at radius 3 is 2.61 bits per heavy atom. The minimum atomic E-state index is -0.458. The normalized spacial score (nSPS) is 17.8. The molecule has 2 aromatic rings. The van der Waals surface area contributed by atoms with Crippen LogP contribution in [0.4, 0.5) is 5.69 Å². The molecular formula is C28H37BrN2O2. The van der Waals surface area contributed by atoms with Crippen LogP contribution in [0.2, 0.25) is 0 Å². The van der Waals surface area contributed by atoms with Gasteiger partial charge in [0, 0.05) is 30.2 Å². The maximum Gasteiger partial charge on any atom is 0.124 e. The highest BCUT2D eigenvalue weighted by Gasteiger charge is 2.22. The van der Waals surface area contributed by atoms with Crippen LogP contribution in [0, 0.1) is 0 Å². The highest BCUT2D eigenvalue weighted by molar-refractivity contribution is 9.10. The fourth-order valence-corrected chi connectivity index (χ4v) is 4.59. The summed E-state index contributed by atoms with van der Waals surface area (Å²) in [5.41, 5.74) is 3.82. The summed E-state index contributed by atoms with van der Waals surface area (Å²) in [5, 5.41) is 12.7. The molecule has 1 fully saturated rings. The molecule has 0 saturated carbocycles. The number of aliphatic hydroxyl groups is 1. The fourth-order valence-electron chi connectivity index (χ4n) is 4.32. The lowest BCUT2D eigenvalue weighted by Gasteiger charge is -2.33. The molecular weight excluding hydrogens is 476 g/mol. The zero-order valence-electron chi connectivity index (χ0n) is 20.0. The number of benzene rings is 2. The molecule has 0 radical (unpaired) electrons. The summed E-state index contributed by atoms with van der Waals surface area (Å²) in [6.07, 6.45) is 8.39. The van der Waals surface area contributed by atoms with Crippen LogP contribution in [0.1, 0.15) is 56.3 Å². The number of hydrogen-bond acceptors (Lipinski definition) is 4. The number of nitrogens with zero attached hydrogens (tertiary/aromatic N) is 1. The van der Waals surface area contributed by atoms with E-state index in [0.717, 1.165) is 36.3 Å². The summed E-state index contributed by atoms with van der Waals surface area (Å²) >= 11 is 3.53. The van der Waals surface area contributed by atoms with Gasteiger partial charge in [0.1, 0.15) is 6.10 Å². The number of ether oxygens (including phenoxy) is 1. The number of piperidine rings is 1. The molecule has 0 aromatic heterocycles. The lowest BCUT2D eigenvalue weighted by atomic mass is 9.89. The Kier molecular flexibility index (Phi) is 10.0. The van der Waals surface area contributed by atoms with Gasteiger partial charge in [-0.3, -0.25) is 0 Å². The number of halogens is 1. The molecule has 0 spiro atoms. The number of aliphatic hydroxyl groups excluding tert-OH is 1. The first-order chi connectivity index (χ1) is 15.9. The first kappa shape index (κ1) is 25.5. The molecule has 5 heteroatoms. The van der Waals surface area contributed by atoms with Gasteiger partial charge < -0.3 is 20.1 Å². The number of hydrogen-bond donors (Lipinski definition) is 2. The van der Waals surface area contributed by atoms with Crippen molar-refractivity contribution in [1.29, 1.82) is 0 Å². The first-order valence-electron chi connectivity index (χ1n) is 11.9. The van der Waals surface area contributed by atoms with Gasteiger partial charge in [0.15, 0.2) is 0 Å². The lowest BCUT2D eigenvalue weighted by Crippen LogP contribution is -2.34. The van der Waals surface area contributed by atoms with E-state index in [2.05, 4.69) is 74.7 Å². The van der Waals surface area contributed by atoms with E-state index >= 15 is 0 Å². The number of rotatable bonds is 10. The summed E-state index contributed by atoms with van der Waals surface area (Å²) in [5.74, 6) is 1.49. The lowest BCUT2D eigenvalue weighted by molar-refractivity contribution is 0.0908. The van der Waals surface area contributed by atoms with Crippen LogP contribution in [-0.4, -0.2) is 42.8 Å². The molecule has 0 amide bonds. The smallest absolute Gasteiger partial charge is 0.124 e. The molecule has 2 atom stereocenters. The van der Waals surface area contributed by atoms with Crippen molar-refractivity contribution in [2.24, 2.45) is 0 Å². The van der Waals surface area contributed by atoms with Crippen molar-refractivity contribution >= 4 is 21.6 Å². The molecule has 2 unspecified atom stereocenters. The third-order valence-corrected chi connectivity index (χ3v) is 6.76. The third-order valence-electron chi connectivity index (χ3n) is 6.23. The minimum absolute atomic E-state index is 0.000617. The largest absolute Gasteiger partial charge is 0.490 e. The zero-order valence-corrected chi connectivity index (χ0v) is 21.6. The Morgan fingerprint density at radius 1 is 1.21 bits per heavy atom. The SMILES string of the molecule is CNc1cccc(C2CCN(CCC(O/C(C)=C/C=C\C(C)O)c3ccc(Br)cc3)CC2)c1. The van der Waals surface area contributed by atoms with Gasteiger partial charge in [-0.05, 0) is 87.2 Å². The van der Waals surface area contributed by atoms with Crippen LogP contribution in [0.5, 0.6) is 0 Å². The van der Waals surface area contributed by atoms with Crippen molar-refractivity contribution < 1.29 is 9.84 Å².